The highest BCUT2D eigenvalue weighted by Crippen LogP contribution is 2.17. The first-order valence-electron chi connectivity index (χ1n) is 3.75. The third-order valence-electron chi connectivity index (χ3n) is 1.60. The van der Waals surface area contributed by atoms with Crippen molar-refractivity contribution >= 4 is 22.7 Å². The van der Waals surface area contributed by atoms with Gasteiger partial charge in [0.1, 0.15) is 5.56 Å². The van der Waals surface area contributed by atoms with Crippen molar-refractivity contribution < 1.29 is 19.8 Å². The molecule has 0 amide bonds. The molecule has 2 N–H and O–H groups in total. The molecule has 0 aliphatic carbocycles. The number of carbonyl (C=O) groups is 1. The number of hydrogen-bond donors (Lipinski definition) is 2. The summed E-state index contributed by atoms with van der Waals surface area (Å²) >= 11 is 5.49. The van der Waals surface area contributed by atoms with Crippen molar-refractivity contribution in [1.29, 1.82) is 0 Å². The standard InChI is InChI=1S/C8H7ClN2O4/c1-15-7-5(8(12)13)2-4(3-10-7)6(9)11-14/h2-3,14H,1H3,(H,12,13)/b11-6-. The minimum atomic E-state index is -1.20. The quantitative estimate of drug-likeness (QED) is 0.462. The Hall–Kier alpha value is -1.82. The Labute approximate surface area is 89.8 Å². The van der Waals surface area contributed by atoms with Crippen molar-refractivity contribution in [2.45, 2.75) is 0 Å². The van der Waals surface area contributed by atoms with Gasteiger partial charge in [-0.25, -0.2) is 9.78 Å². The van der Waals surface area contributed by atoms with E-state index in [1.54, 1.807) is 0 Å². The number of carboxylic acid groups (broad SMARTS) is 1. The first-order valence-corrected chi connectivity index (χ1v) is 4.13. The lowest BCUT2D eigenvalue weighted by Crippen LogP contribution is -2.05. The number of hydrogen-bond acceptors (Lipinski definition) is 5. The van der Waals surface area contributed by atoms with Gasteiger partial charge in [0.15, 0.2) is 5.17 Å². The van der Waals surface area contributed by atoms with Crippen LogP contribution in [0.1, 0.15) is 15.9 Å². The van der Waals surface area contributed by atoms with Gasteiger partial charge in [0.25, 0.3) is 0 Å². The van der Waals surface area contributed by atoms with E-state index in [4.69, 9.17) is 26.7 Å². The molecule has 0 aromatic carbocycles. The Balaban J connectivity index is 3.28. The van der Waals surface area contributed by atoms with Crippen molar-refractivity contribution in [2.24, 2.45) is 5.16 Å². The van der Waals surface area contributed by atoms with E-state index in [9.17, 15) is 4.79 Å². The van der Waals surface area contributed by atoms with Crippen LogP contribution in [0.15, 0.2) is 17.4 Å². The average Bonchev–Trinajstić information content (AvgIpc) is 2.27. The summed E-state index contributed by atoms with van der Waals surface area (Å²) in [5.74, 6) is -1.24. The molecule has 80 valence electrons. The highest BCUT2D eigenvalue weighted by atomic mass is 35.5. The number of carboxylic acids is 1. The van der Waals surface area contributed by atoms with E-state index in [0.717, 1.165) is 0 Å². The van der Waals surface area contributed by atoms with E-state index in [-0.39, 0.29) is 22.2 Å². The fraction of sp³-hybridized carbons (Fsp3) is 0.125. The fourth-order valence-electron chi connectivity index (χ4n) is 0.939. The van der Waals surface area contributed by atoms with Crippen LogP contribution in [0.4, 0.5) is 0 Å². The molecular formula is C8H7ClN2O4. The Morgan fingerprint density at radius 3 is 2.80 bits per heavy atom. The van der Waals surface area contributed by atoms with Crippen molar-refractivity contribution in [2.75, 3.05) is 7.11 Å². The van der Waals surface area contributed by atoms with Crippen LogP contribution in [0.3, 0.4) is 0 Å². The number of halogens is 1. The van der Waals surface area contributed by atoms with Crippen LogP contribution in [0.5, 0.6) is 5.88 Å². The minimum absolute atomic E-state index is 0.0337. The lowest BCUT2D eigenvalue weighted by molar-refractivity contribution is 0.0692. The number of oxime groups is 1. The summed E-state index contributed by atoms with van der Waals surface area (Å²) in [7, 11) is 1.30. The molecule has 0 spiro atoms. The van der Waals surface area contributed by atoms with Crippen LogP contribution in [0.2, 0.25) is 0 Å². The second-order valence-electron chi connectivity index (χ2n) is 2.48. The molecule has 7 heteroatoms. The Morgan fingerprint density at radius 2 is 2.33 bits per heavy atom. The molecule has 1 aromatic rings. The molecule has 0 atom stereocenters. The van der Waals surface area contributed by atoms with Gasteiger partial charge in [0.2, 0.25) is 5.88 Å². The zero-order valence-corrected chi connectivity index (χ0v) is 8.39. The number of aromatic carboxylic acids is 1. The normalized spacial score (nSPS) is 11.2. The van der Waals surface area contributed by atoms with Gasteiger partial charge in [0.05, 0.1) is 7.11 Å². The van der Waals surface area contributed by atoms with E-state index in [1.807, 2.05) is 0 Å². The van der Waals surface area contributed by atoms with Crippen molar-refractivity contribution in [1.82, 2.24) is 4.98 Å². The number of ether oxygens (including phenoxy) is 1. The SMILES string of the molecule is COc1ncc(/C(Cl)=N/O)cc1C(=O)O. The van der Waals surface area contributed by atoms with E-state index >= 15 is 0 Å². The summed E-state index contributed by atoms with van der Waals surface area (Å²) in [6, 6.07) is 1.20. The zero-order valence-electron chi connectivity index (χ0n) is 7.64. The molecule has 0 fully saturated rings. The Bertz CT molecular complexity index is 419. The summed E-state index contributed by atoms with van der Waals surface area (Å²) in [6.45, 7) is 0. The van der Waals surface area contributed by atoms with E-state index in [0.29, 0.717) is 0 Å². The third kappa shape index (κ3) is 2.35. The van der Waals surface area contributed by atoms with Crippen LogP contribution < -0.4 is 4.74 Å². The van der Waals surface area contributed by atoms with Crippen LogP contribution in [0, 0.1) is 0 Å². The van der Waals surface area contributed by atoms with Gasteiger partial charge in [-0.1, -0.05) is 16.8 Å². The molecule has 0 unspecified atom stereocenters. The molecule has 1 aromatic heterocycles. The molecule has 1 rings (SSSR count). The number of pyridine rings is 1. The summed E-state index contributed by atoms with van der Waals surface area (Å²) in [5.41, 5.74) is 0.0363. The smallest absolute Gasteiger partial charge is 0.341 e. The van der Waals surface area contributed by atoms with E-state index in [2.05, 4.69) is 10.1 Å². The molecular weight excluding hydrogens is 224 g/mol. The third-order valence-corrected chi connectivity index (χ3v) is 1.89. The van der Waals surface area contributed by atoms with Gasteiger partial charge >= 0.3 is 5.97 Å². The monoisotopic (exact) mass is 230 g/mol. The zero-order chi connectivity index (χ0) is 11.4. The summed E-state index contributed by atoms with van der Waals surface area (Å²) < 4.78 is 4.74. The van der Waals surface area contributed by atoms with Crippen LogP contribution >= 0.6 is 11.6 Å². The minimum Gasteiger partial charge on any atom is -0.480 e. The highest BCUT2D eigenvalue weighted by Gasteiger charge is 2.14. The predicted octanol–water partition coefficient (Wildman–Crippen LogP) is 1.16. The van der Waals surface area contributed by atoms with Crippen LogP contribution in [-0.2, 0) is 0 Å². The second kappa shape index (κ2) is 4.61. The van der Waals surface area contributed by atoms with Gasteiger partial charge < -0.3 is 15.1 Å². The first kappa shape index (κ1) is 11.3. The summed E-state index contributed by atoms with van der Waals surface area (Å²) in [6.07, 6.45) is 1.24. The van der Waals surface area contributed by atoms with Crippen molar-refractivity contribution in [3.63, 3.8) is 0 Å². The molecule has 15 heavy (non-hydrogen) atoms. The number of nitrogens with zero attached hydrogens (tertiary/aromatic N) is 2. The van der Waals surface area contributed by atoms with Gasteiger partial charge in [-0.15, -0.1) is 0 Å². The van der Waals surface area contributed by atoms with Crippen LogP contribution in [0.25, 0.3) is 0 Å². The Kier molecular flexibility index (Phi) is 3.46. The van der Waals surface area contributed by atoms with E-state index < -0.39 is 5.97 Å². The topological polar surface area (TPSA) is 92.0 Å². The average molecular weight is 231 g/mol. The van der Waals surface area contributed by atoms with Crippen molar-refractivity contribution in [3.05, 3.63) is 23.4 Å². The molecule has 1 heterocycles. The molecule has 0 bridgehead atoms. The van der Waals surface area contributed by atoms with Gasteiger partial charge in [-0.2, -0.15) is 0 Å². The van der Waals surface area contributed by atoms with Crippen molar-refractivity contribution in [3.8, 4) is 5.88 Å². The second-order valence-corrected chi connectivity index (χ2v) is 2.83. The van der Waals surface area contributed by atoms with E-state index in [1.165, 1.54) is 19.4 Å². The number of methoxy groups -OCH3 is 1. The highest BCUT2D eigenvalue weighted by molar-refractivity contribution is 6.69. The van der Waals surface area contributed by atoms with Crippen LogP contribution in [-0.4, -0.2) is 33.5 Å². The number of aromatic nitrogens is 1. The largest absolute Gasteiger partial charge is 0.480 e. The predicted molar refractivity (Wildman–Crippen MR) is 51.9 cm³/mol. The lowest BCUT2D eigenvalue weighted by Gasteiger charge is -2.04. The van der Waals surface area contributed by atoms with Gasteiger partial charge in [0, 0.05) is 11.8 Å². The maximum Gasteiger partial charge on any atom is 0.341 e. The maximum atomic E-state index is 10.8. The molecule has 0 saturated heterocycles. The summed E-state index contributed by atoms with van der Waals surface area (Å²) in [5, 5.41) is 19.7. The Morgan fingerprint density at radius 1 is 1.67 bits per heavy atom. The fourth-order valence-corrected chi connectivity index (χ4v) is 1.04. The lowest BCUT2D eigenvalue weighted by atomic mass is 10.2. The van der Waals surface area contributed by atoms with Gasteiger partial charge in [-0.05, 0) is 6.07 Å². The number of rotatable bonds is 3. The first-order chi connectivity index (χ1) is 7.10. The molecule has 0 aliphatic rings. The molecule has 0 radical (unpaired) electrons. The molecule has 6 nitrogen and oxygen atoms in total. The summed E-state index contributed by atoms with van der Waals surface area (Å²) in [4.78, 5) is 14.5. The maximum absolute atomic E-state index is 10.8. The molecule has 0 aliphatic heterocycles. The molecule has 0 saturated carbocycles. The van der Waals surface area contributed by atoms with Gasteiger partial charge in [-0.3, -0.25) is 0 Å².